The van der Waals surface area contributed by atoms with E-state index in [0.29, 0.717) is 19.6 Å². The molecule has 2 N–H and O–H groups in total. The lowest BCUT2D eigenvalue weighted by Crippen LogP contribution is -2.20. The average molecular weight is 448 g/mol. The molecule has 0 heterocycles. The molecule has 6 heteroatoms. The van der Waals surface area contributed by atoms with Crippen molar-refractivity contribution in [3.63, 3.8) is 0 Å². The molecule has 2 aromatic rings. The molecule has 28 heavy (non-hydrogen) atoms. The van der Waals surface area contributed by atoms with Crippen molar-refractivity contribution in [3.8, 4) is 16.9 Å². The zero-order valence-corrected chi connectivity index (χ0v) is 17.8. The number of hydrogen-bond acceptors (Lipinski definition) is 4. The molecule has 0 aliphatic heterocycles. The maximum atomic E-state index is 11.1. The van der Waals surface area contributed by atoms with E-state index < -0.39 is 5.97 Å². The second kappa shape index (κ2) is 11.0. The Labute approximate surface area is 174 Å². The molecule has 0 radical (unpaired) electrons. The first-order valence-corrected chi connectivity index (χ1v) is 10.2. The van der Waals surface area contributed by atoms with Gasteiger partial charge in [0.15, 0.2) is 0 Å². The van der Waals surface area contributed by atoms with Gasteiger partial charge >= 0.3 is 5.97 Å². The zero-order chi connectivity index (χ0) is 20.5. The highest BCUT2D eigenvalue weighted by Crippen LogP contribution is 2.35. The van der Waals surface area contributed by atoms with Crippen LogP contribution in [0, 0.1) is 0 Å². The number of carbonyl (C=O) groups is 2. The Hall–Kier alpha value is -2.18. The molecule has 0 aliphatic rings. The van der Waals surface area contributed by atoms with Crippen LogP contribution in [-0.2, 0) is 22.4 Å². The lowest BCUT2D eigenvalue weighted by molar-refractivity contribution is -0.136. The molecule has 0 amide bonds. The minimum absolute atomic E-state index is 0.0324. The van der Waals surface area contributed by atoms with Gasteiger partial charge in [-0.25, -0.2) is 0 Å². The highest BCUT2D eigenvalue weighted by molar-refractivity contribution is 9.10. The van der Waals surface area contributed by atoms with E-state index in [2.05, 4.69) is 27.3 Å². The van der Waals surface area contributed by atoms with Crippen LogP contribution in [0.15, 0.2) is 40.9 Å². The number of benzene rings is 2. The van der Waals surface area contributed by atoms with Crippen LogP contribution in [0.2, 0.25) is 0 Å². The monoisotopic (exact) mass is 447 g/mol. The van der Waals surface area contributed by atoms with Gasteiger partial charge in [0.25, 0.3) is 0 Å². The summed E-state index contributed by atoms with van der Waals surface area (Å²) in [5.41, 5.74) is 3.77. The molecule has 150 valence electrons. The normalized spacial score (nSPS) is 10.7. The second-order valence-corrected chi connectivity index (χ2v) is 7.50. The summed E-state index contributed by atoms with van der Waals surface area (Å²) in [6, 6.07) is 11.6. The van der Waals surface area contributed by atoms with Crippen molar-refractivity contribution < 1.29 is 19.4 Å². The Morgan fingerprint density at radius 3 is 2.57 bits per heavy atom. The van der Waals surface area contributed by atoms with Crippen LogP contribution in [0.3, 0.4) is 0 Å². The SMILES string of the molecule is CCOc1ccc(CC(=O)O)cc1-c1cc(Br)ccc1CCNCCC(C)=O. The van der Waals surface area contributed by atoms with Crippen LogP contribution in [0.1, 0.15) is 31.4 Å². The smallest absolute Gasteiger partial charge is 0.307 e. The summed E-state index contributed by atoms with van der Waals surface area (Å²) in [5, 5.41) is 12.4. The number of aliphatic carboxylic acids is 1. The van der Waals surface area contributed by atoms with Gasteiger partial charge in [0, 0.05) is 23.0 Å². The molecule has 0 spiro atoms. The van der Waals surface area contributed by atoms with Crippen LogP contribution in [0.25, 0.3) is 11.1 Å². The minimum atomic E-state index is -0.862. The quantitative estimate of drug-likeness (QED) is 0.503. The van der Waals surface area contributed by atoms with Gasteiger partial charge in [-0.15, -0.1) is 0 Å². The number of nitrogens with one attached hydrogen (secondary N) is 1. The van der Waals surface area contributed by atoms with Gasteiger partial charge in [-0.3, -0.25) is 9.59 Å². The van der Waals surface area contributed by atoms with Gasteiger partial charge in [-0.1, -0.05) is 28.1 Å². The molecule has 5 nitrogen and oxygen atoms in total. The molecule has 0 aromatic heterocycles. The van der Waals surface area contributed by atoms with E-state index in [1.54, 1.807) is 13.0 Å². The van der Waals surface area contributed by atoms with Gasteiger partial charge < -0.3 is 15.2 Å². The fourth-order valence-electron chi connectivity index (χ4n) is 2.98. The Kier molecular flexibility index (Phi) is 8.67. The fourth-order valence-corrected chi connectivity index (χ4v) is 3.34. The lowest BCUT2D eigenvalue weighted by atomic mass is 9.95. The van der Waals surface area contributed by atoms with E-state index in [1.165, 1.54) is 0 Å². The van der Waals surface area contributed by atoms with Crippen molar-refractivity contribution in [1.29, 1.82) is 0 Å². The molecule has 0 unspecified atom stereocenters. The van der Waals surface area contributed by atoms with Crippen molar-refractivity contribution in [1.82, 2.24) is 5.32 Å². The maximum Gasteiger partial charge on any atom is 0.307 e. The van der Waals surface area contributed by atoms with Gasteiger partial charge in [0.05, 0.1) is 13.0 Å². The number of Topliss-reactive ketones (excluding diaryl/α,β-unsaturated/α-hetero) is 1. The van der Waals surface area contributed by atoms with Crippen molar-refractivity contribution >= 4 is 27.7 Å². The molecule has 0 fully saturated rings. The fraction of sp³-hybridized carbons (Fsp3) is 0.364. The van der Waals surface area contributed by atoms with Gasteiger partial charge in [0.2, 0.25) is 0 Å². The highest BCUT2D eigenvalue weighted by atomic mass is 79.9. The molecule has 0 aliphatic carbocycles. The number of carboxylic acids is 1. The summed E-state index contributed by atoms with van der Waals surface area (Å²) in [4.78, 5) is 22.2. The van der Waals surface area contributed by atoms with Crippen LogP contribution in [-0.4, -0.2) is 36.6 Å². The largest absolute Gasteiger partial charge is 0.493 e. The first kappa shape index (κ1) is 22.1. The van der Waals surface area contributed by atoms with E-state index in [1.807, 2.05) is 31.2 Å². The van der Waals surface area contributed by atoms with E-state index in [9.17, 15) is 9.59 Å². The topological polar surface area (TPSA) is 75.6 Å². The summed E-state index contributed by atoms with van der Waals surface area (Å²) in [6.45, 7) is 5.46. The summed E-state index contributed by atoms with van der Waals surface area (Å²) in [7, 11) is 0. The van der Waals surface area contributed by atoms with E-state index in [4.69, 9.17) is 9.84 Å². The predicted molar refractivity (Wildman–Crippen MR) is 114 cm³/mol. The molecule has 0 saturated heterocycles. The molecule has 2 aromatic carbocycles. The van der Waals surface area contributed by atoms with Crippen molar-refractivity contribution in [2.24, 2.45) is 0 Å². The van der Waals surface area contributed by atoms with Crippen LogP contribution < -0.4 is 10.1 Å². The number of halogens is 1. The second-order valence-electron chi connectivity index (χ2n) is 6.59. The van der Waals surface area contributed by atoms with Crippen LogP contribution in [0.4, 0.5) is 0 Å². The third-order valence-corrected chi connectivity index (χ3v) is 4.78. The third kappa shape index (κ3) is 6.77. The summed E-state index contributed by atoms with van der Waals surface area (Å²) in [5.74, 6) is 0.0493. The van der Waals surface area contributed by atoms with Crippen LogP contribution in [0.5, 0.6) is 5.75 Å². The van der Waals surface area contributed by atoms with E-state index in [0.717, 1.165) is 45.4 Å². The first-order valence-electron chi connectivity index (χ1n) is 9.37. The van der Waals surface area contributed by atoms with Crippen molar-refractivity contribution in [3.05, 3.63) is 52.0 Å². The molecular formula is C22H26BrNO4. The Morgan fingerprint density at radius 1 is 1.11 bits per heavy atom. The van der Waals surface area contributed by atoms with Crippen molar-refractivity contribution in [2.45, 2.75) is 33.1 Å². The Bertz CT molecular complexity index is 835. The molecule has 0 saturated carbocycles. The summed E-state index contributed by atoms with van der Waals surface area (Å²) >= 11 is 3.54. The number of ketones is 1. The molecule has 0 bridgehead atoms. The Morgan fingerprint density at radius 2 is 1.89 bits per heavy atom. The minimum Gasteiger partial charge on any atom is -0.493 e. The standard InChI is InChI=1S/C22H26BrNO4/c1-3-28-21-7-4-16(13-22(26)27)12-20(21)19-14-18(23)6-5-17(19)9-11-24-10-8-15(2)25/h4-7,12,14,24H,3,8-11,13H2,1-2H3,(H,26,27). The summed E-state index contributed by atoms with van der Waals surface area (Å²) in [6.07, 6.45) is 1.28. The van der Waals surface area contributed by atoms with Crippen molar-refractivity contribution in [2.75, 3.05) is 19.7 Å². The lowest BCUT2D eigenvalue weighted by Gasteiger charge is -2.16. The maximum absolute atomic E-state index is 11.1. The van der Waals surface area contributed by atoms with Crippen LogP contribution >= 0.6 is 15.9 Å². The van der Waals surface area contributed by atoms with Gasteiger partial charge in [-0.2, -0.15) is 0 Å². The highest BCUT2D eigenvalue weighted by Gasteiger charge is 2.14. The number of carbonyl (C=O) groups excluding carboxylic acids is 1. The molecule has 0 atom stereocenters. The first-order chi connectivity index (χ1) is 13.4. The summed E-state index contributed by atoms with van der Waals surface area (Å²) < 4.78 is 6.75. The third-order valence-electron chi connectivity index (χ3n) is 4.29. The zero-order valence-electron chi connectivity index (χ0n) is 16.3. The van der Waals surface area contributed by atoms with E-state index in [-0.39, 0.29) is 12.2 Å². The average Bonchev–Trinajstić information content (AvgIpc) is 2.63. The van der Waals surface area contributed by atoms with E-state index >= 15 is 0 Å². The number of rotatable bonds is 11. The number of carboxylic acid groups (broad SMARTS) is 1. The van der Waals surface area contributed by atoms with Gasteiger partial charge in [-0.05, 0) is 67.8 Å². The number of ether oxygens (including phenoxy) is 1. The predicted octanol–water partition coefficient (Wildman–Crippen LogP) is 4.25. The Balaban J connectivity index is 2.32. The molecule has 2 rings (SSSR count). The molecular weight excluding hydrogens is 422 g/mol. The number of hydrogen-bond donors (Lipinski definition) is 2. The van der Waals surface area contributed by atoms with Gasteiger partial charge in [0.1, 0.15) is 11.5 Å².